The lowest BCUT2D eigenvalue weighted by molar-refractivity contribution is -0.206. The molecule has 0 bridgehead atoms. The molecule has 0 N–H and O–H groups in total. The highest BCUT2D eigenvalue weighted by Crippen LogP contribution is 2.30. The first-order valence-electron chi connectivity index (χ1n) is 14.6. The highest BCUT2D eigenvalue weighted by Gasteiger charge is 2.42. The molecular formula is C34H37F5O4. The predicted molar refractivity (Wildman–Crippen MR) is 156 cm³/mol. The van der Waals surface area contributed by atoms with Crippen LogP contribution in [0.1, 0.15) is 92.9 Å². The van der Waals surface area contributed by atoms with Crippen molar-refractivity contribution in [1.29, 1.82) is 0 Å². The fourth-order valence-electron chi connectivity index (χ4n) is 4.62. The second-order valence-electron chi connectivity index (χ2n) is 10.6. The molecule has 3 aromatic rings. The number of hydrogen-bond acceptors (Lipinski definition) is 4. The minimum atomic E-state index is -4.75. The second kappa shape index (κ2) is 15.6. The van der Waals surface area contributed by atoms with Gasteiger partial charge in [-0.2, -0.15) is 13.2 Å². The first-order valence-corrected chi connectivity index (χ1v) is 14.6. The molecule has 0 fully saturated rings. The SMILES string of the molecule is CCCCC[C@@H](C)OC(=O)c1ccc(-c2ccc(-c3ccc(C(=O)O[C@@H](CCCCC)C(F)(F)F)c(F)c3)cc2)cc1F. The number of ether oxygens (including phenoxy) is 2. The molecule has 0 saturated carbocycles. The van der Waals surface area contributed by atoms with Crippen LogP contribution in [0, 0.1) is 11.6 Å². The van der Waals surface area contributed by atoms with E-state index in [4.69, 9.17) is 4.74 Å². The Kier molecular flexibility index (Phi) is 12.3. The third kappa shape index (κ3) is 9.63. The number of carbonyl (C=O) groups excluding carboxylic acids is 2. The summed E-state index contributed by atoms with van der Waals surface area (Å²) in [5.41, 5.74) is 1.35. The zero-order valence-corrected chi connectivity index (χ0v) is 24.6. The van der Waals surface area contributed by atoms with E-state index < -0.39 is 41.4 Å². The van der Waals surface area contributed by atoms with Gasteiger partial charge in [-0.15, -0.1) is 0 Å². The maximum Gasteiger partial charge on any atom is 0.425 e. The summed E-state index contributed by atoms with van der Waals surface area (Å²) in [6, 6.07) is 14.5. The normalized spacial score (nSPS) is 12.9. The van der Waals surface area contributed by atoms with Gasteiger partial charge in [0.05, 0.1) is 17.2 Å². The Morgan fingerprint density at radius 2 is 1.07 bits per heavy atom. The van der Waals surface area contributed by atoms with Crippen molar-refractivity contribution in [3.05, 3.63) is 83.4 Å². The maximum absolute atomic E-state index is 14.8. The standard InChI is InChI=1S/C34H37F5O4/c1-4-6-8-10-22(3)42-32(40)27-18-16-25(20-29(27)35)23-12-14-24(15-13-23)26-17-19-28(30(36)21-26)33(41)43-31(34(37,38)39)11-9-7-5-2/h12-22,31H,4-11H2,1-3H3/t22-,31+/m1/s1. The Morgan fingerprint density at radius 3 is 1.49 bits per heavy atom. The van der Waals surface area contributed by atoms with Gasteiger partial charge in [-0.25, -0.2) is 18.4 Å². The molecule has 0 aliphatic carbocycles. The zero-order valence-electron chi connectivity index (χ0n) is 24.6. The van der Waals surface area contributed by atoms with Gasteiger partial charge < -0.3 is 9.47 Å². The summed E-state index contributed by atoms with van der Waals surface area (Å²) in [6.07, 6.45) is -2.56. The molecule has 0 heterocycles. The highest BCUT2D eigenvalue weighted by molar-refractivity contribution is 5.91. The smallest absolute Gasteiger partial charge is 0.425 e. The lowest BCUT2D eigenvalue weighted by Crippen LogP contribution is -2.34. The number of unbranched alkanes of at least 4 members (excludes halogenated alkanes) is 4. The average molecular weight is 605 g/mol. The van der Waals surface area contributed by atoms with Gasteiger partial charge in [0.1, 0.15) is 11.6 Å². The monoisotopic (exact) mass is 604 g/mol. The number of carbonyl (C=O) groups is 2. The number of esters is 2. The van der Waals surface area contributed by atoms with Gasteiger partial charge in [-0.3, -0.25) is 0 Å². The highest BCUT2D eigenvalue weighted by atomic mass is 19.4. The van der Waals surface area contributed by atoms with Crippen LogP contribution < -0.4 is 0 Å². The van der Waals surface area contributed by atoms with Crippen molar-refractivity contribution in [3.8, 4) is 22.3 Å². The molecule has 0 amide bonds. The van der Waals surface area contributed by atoms with Gasteiger partial charge in [0.2, 0.25) is 0 Å². The molecule has 2 atom stereocenters. The first-order chi connectivity index (χ1) is 20.4. The van der Waals surface area contributed by atoms with Crippen molar-refractivity contribution in [2.45, 2.75) is 90.5 Å². The van der Waals surface area contributed by atoms with Crippen LogP contribution in [-0.4, -0.2) is 30.3 Å². The van der Waals surface area contributed by atoms with Gasteiger partial charge in [0.25, 0.3) is 0 Å². The molecule has 3 rings (SSSR count). The number of rotatable bonds is 14. The minimum absolute atomic E-state index is 0.153. The van der Waals surface area contributed by atoms with Crippen LogP contribution in [0.3, 0.4) is 0 Å². The molecule has 0 saturated heterocycles. The summed E-state index contributed by atoms with van der Waals surface area (Å²) in [6.45, 7) is 5.70. The molecule has 4 nitrogen and oxygen atoms in total. The van der Waals surface area contributed by atoms with Crippen molar-refractivity contribution in [2.75, 3.05) is 0 Å². The van der Waals surface area contributed by atoms with Gasteiger partial charge >= 0.3 is 18.1 Å². The Balaban J connectivity index is 1.69. The molecule has 3 aromatic carbocycles. The molecule has 9 heteroatoms. The molecule has 0 spiro atoms. The number of benzene rings is 3. The van der Waals surface area contributed by atoms with Crippen LogP contribution >= 0.6 is 0 Å². The number of alkyl halides is 3. The molecule has 43 heavy (non-hydrogen) atoms. The quantitative estimate of drug-likeness (QED) is 0.104. The summed E-state index contributed by atoms with van der Waals surface area (Å²) >= 11 is 0. The van der Waals surface area contributed by atoms with E-state index in [1.807, 2.05) is 6.92 Å². The molecule has 0 unspecified atom stereocenters. The van der Waals surface area contributed by atoms with Gasteiger partial charge in [-0.1, -0.05) is 75.9 Å². The van der Waals surface area contributed by atoms with Crippen molar-refractivity contribution >= 4 is 11.9 Å². The molecule has 0 aliphatic heterocycles. The van der Waals surface area contributed by atoms with E-state index in [9.17, 15) is 31.5 Å². The summed E-state index contributed by atoms with van der Waals surface area (Å²) < 4.78 is 79.6. The van der Waals surface area contributed by atoms with E-state index in [0.717, 1.165) is 31.4 Å². The molecule has 0 aromatic heterocycles. The molecule has 0 aliphatic rings. The average Bonchev–Trinajstić information content (AvgIpc) is 2.96. The van der Waals surface area contributed by atoms with Crippen LogP contribution in [0.2, 0.25) is 0 Å². The maximum atomic E-state index is 14.8. The Hall–Kier alpha value is -3.75. The topological polar surface area (TPSA) is 52.6 Å². The van der Waals surface area contributed by atoms with E-state index in [1.54, 1.807) is 37.3 Å². The largest absolute Gasteiger partial charge is 0.459 e. The van der Waals surface area contributed by atoms with Crippen LogP contribution in [0.4, 0.5) is 22.0 Å². The Morgan fingerprint density at radius 1 is 0.651 bits per heavy atom. The summed E-state index contributed by atoms with van der Waals surface area (Å²) in [7, 11) is 0. The van der Waals surface area contributed by atoms with Crippen molar-refractivity contribution in [3.63, 3.8) is 0 Å². The van der Waals surface area contributed by atoms with E-state index in [-0.39, 0.29) is 24.5 Å². The third-order valence-corrected chi connectivity index (χ3v) is 7.14. The third-order valence-electron chi connectivity index (χ3n) is 7.14. The summed E-state index contributed by atoms with van der Waals surface area (Å²) in [5.74, 6) is -3.82. The zero-order chi connectivity index (χ0) is 31.6. The van der Waals surface area contributed by atoms with Gasteiger partial charge in [0, 0.05) is 0 Å². The van der Waals surface area contributed by atoms with E-state index in [2.05, 4.69) is 11.7 Å². The van der Waals surface area contributed by atoms with Gasteiger partial charge in [-0.05, 0) is 79.1 Å². The fourth-order valence-corrected chi connectivity index (χ4v) is 4.62. The predicted octanol–water partition coefficient (Wildman–Crippen LogP) is 10.1. The summed E-state index contributed by atoms with van der Waals surface area (Å²) in [5, 5.41) is 0. The number of halogens is 5. The van der Waals surface area contributed by atoms with E-state index in [0.29, 0.717) is 41.5 Å². The van der Waals surface area contributed by atoms with Gasteiger partial charge in [0.15, 0.2) is 6.10 Å². The lowest BCUT2D eigenvalue weighted by atomic mass is 9.98. The molecule has 232 valence electrons. The lowest BCUT2D eigenvalue weighted by Gasteiger charge is -2.21. The first kappa shape index (κ1) is 33.7. The molecule has 0 radical (unpaired) electrons. The van der Waals surface area contributed by atoms with Crippen LogP contribution in [-0.2, 0) is 9.47 Å². The van der Waals surface area contributed by atoms with E-state index in [1.165, 1.54) is 18.2 Å². The van der Waals surface area contributed by atoms with Crippen molar-refractivity contribution < 1.29 is 41.0 Å². The second-order valence-corrected chi connectivity index (χ2v) is 10.6. The Labute approximate surface area is 249 Å². The number of hydrogen-bond donors (Lipinski definition) is 0. The Bertz CT molecular complexity index is 1370. The fraction of sp³-hybridized carbons (Fsp3) is 0.412. The summed E-state index contributed by atoms with van der Waals surface area (Å²) in [4.78, 5) is 24.8. The van der Waals surface area contributed by atoms with Crippen LogP contribution in [0.5, 0.6) is 0 Å². The van der Waals surface area contributed by atoms with Crippen LogP contribution in [0.25, 0.3) is 22.3 Å². The van der Waals surface area contributed by atoms with Crippen molar-refractivity contribution in [1.82, 2.24) is 0 Å². The molecular weight excluding hydrogens is 567 g/mol. The van der Waals surface area contributed by atoms with E-state index >= 15 is 0 Å². The van der Waals surface area contributed by atoms with Crippen molar-refractivity contribution in [2.24, 2.45) is 0 Å². The van der Waals surface area contributed by atoms with Crippen LogP contribution in [0.15, 0.2) is 60.7 Å². The minimum Gasteiger partial charge on any atom is -0.459 e.